The molecule has 27 heavy (non-hydrogen) atoms. The summed E-state index contributed by atoms with van der Waals surface area (Å²) in [4.78, 5) is 4.60. The Morgan fingerprint density at radius 2 is 1.85 bits per heavy atom. The zero-order valence-electron chi connectivity index (χ0n) is 14.9. The first-order valence-corrected chi connectivity index (χ1v) is 10.6. The smallest absolute Gasteiger partial charge is 0.240 e. The van der Waals surface area contributed by atoms with E-state index in [1.165, 1.54) is 0 Å². The van der Waals surface area contributed by atoms with Crippen LogP contribution in [0, 0.1) is 0 Å². The highest BCUT2D eigenvalue weighted by molar-refractivity contribution is 7.89. The Morgan fingerprint density at radius 3 is 2.63 bits per heavy atom. The average molecular weight is 386 g/mol. The first-order valence-electron chi connectivity index (χ1n) is 9.07. The van der Waals surface area contributed by atoms with E-state index in [9.17, 15) is 8.42 Å². The fraction of sp³-hybridized carbons (Fsp3) is 0.368. The second-order valence-electron chi connectivity index (χ2n) is 7.03. The SMILES string of the molecule is NC1(c2noc(CCNS(=O)(=O)c3ccc4ccccc4c3)n2)CCCC1. The van der Waals surface area contributed by atoms with Gasteiger partial charge in [0, 0.05) is 13.0 Å². The second kappa shape index (κ2) is 7.03. The van der Waals surface area contributed by atoms with Crippen LogP contribution in [0.3, 0.4) is 0 Å². The van der Waals surface area contributed by atoms with Gasteiger partial charge in [0.2, 0.25) is 15.9 Å². The second-order valence-corrected chi connectivity index (χ2v) is 8.80. The zero-order chi connectivity index (χ0) is 18.9. The van der Waals surface area contributed by atoms with Crippen LogP contribution in [0.15, 0.2) is 51.9 Å². The lowest BCUT2D eigenvalue weighted by Crippen LogP contribution is -2.34. The molecule has 142 valence electrons. The van der Waals surface area contributed by atoms with Gasteiger partial charge in [0.25, 0.3) is 0 Å². The third kappa shape index (κ3) is 3.73. The maximum Gasteiger partial charge on any atom is 0.240 e. The summed E-state index contributed by atoms with van der Waals surface area (Å²) >= 11 is 0. The molecule has 1 aliphatic rings. The van der Waals surface area contributed by atoms with Crippen molar-refractivity contribution >= 4 is 20.8 Å². The standard InChI is InChI=1S/C19H22N4O3S/c20-19(10-3-4-11-19)18-22-17(26-23-18)9-12-21-27(24,25)16-8-7-14-5-1-2-6-15(14)13-16/h1-2,5-8,13,21H,3-4,9-12,20H2. The fourth-order valence-corrected chi connectivity index (χ4v) is 4.57. The molecule has 0 radical (unpaired) electrons. The monoisotopic (exact) mass is 386 g/mol. The average Bonchev–Trinajstić information content (AvgIpc) is 3.31. The highest BCUT2D eigenvalue weighted by Crippen LogP contribution is 2.34. The number of nitrogens with zero attached hydrogens (tertiary/aromatic N) is 2. The van der Waals surface area contributed by atoms with Crippen LogP contribution < -0.4 is 10.5 Å². The van der Waals surface area contributed by atoms with E-state index in [1.807, 2.05) is 24.3 Å². The number of rotatable bonds is 6. The molecule has 1 aliphatic carbocycles. The van der Waals surface area contributed by atoms with Crippen LogP contribution in [0.4, 0.5) is 0 Å². The summed E-state index contributed by atoms with van der Waals surface area (Å²) < 4.78 is 32.9. The summed E-state index contributed by atoms with van der Waals surface area (Å²) in [7, 11) is -3.61. The van der Waals surface area contributed by atoms with E-state index < -0.39 is 15.6 Å². The lowest BCUT2D eigenvalue weighted by Gasteiger charge is -2.17. The molecule has 1 heterocycles. The Morgan fingerprint density at radius 1 is 1.11 bits per heavy atom. The fourth-order valence-electron chi connectivity index (χ4n) is 3.50. The maximum absolute atomic E-state index is 12.5. The van der Waals surface area contributed by atoms with Crippen LogP contribution in [0.2, 0.25) is 0 Å². The number of nitrogens with one attached hydrogen (secondary N) is 1. The number of nitrogens with two attached hydrogens (primary N) is 1. The molecule has 7 nitrogen and oxygen atoms in total. The van der Waals surface area contributed by atoms with Crippen LogP contribution in [-0.4, -0.2) is 25.1 Å². The van der Waals surface area contributed by atoms with Crippen molar-refractivity contribution in [1.29, 1.82) is 0 Å². The van der Waals surface area contributed by atoms with Crippen molar-refractivity contribution in [2.45, 2.75) is 42.5 Å². The molecule has 0 saturated heterocycles. The Labute approximate surface area is 158 Å². The van der Waals surface area contributed by atoms with E-state index in [4.69, 9.17) is 10.3 Å². The van der Waals surface area contributed by atoms with Crippen molar-refractivity contribution in [1.82, 2.24) is 14.9 Å². The summed E-state index contributed by atoms with van der Waals surface area (Å²) in [6.45, 7) is 0.175. The normalized spacial score (nSPS) is 16.8. The minimum absolute atomic E-state index is 0.175. The van der Waals surface area contributed by atoms with Gasteiger partial charge in [-0.2, -0.15) is 4.98 Å². The first-order chi connectivity index (χ1) is 13.0. The Balaban J connectivity index is 1.41. The van der Waals surface area contributed by atoms with Gasteiger partial charge in [0.05, 0.1) is 10.4 Å². The van der Waals surface area contributed by atoms with Crippen molar-refractivity contribution in [3.63, 3.8) is 0 Å². The van der Waals surface area contributed by atoms with Gasteiger partial charge in [-0.15, -0.1) is 0 Å². The minimum Gasteiger partial charge on any atom is -0.339 e. The highest BCUT2D eigenvalue weighted by Gasteiger charge is 2.35. The van der Waals surface area contributed by atoms with Crippen molar-refractivity contribution in [2.75, 3.05) is 6.54 Å². The van der Waals surface area contributed by atoms with Crippen molar-refractivity contribution in [3.8, 4) is 0 Å². The van der Waals surface area contributed by atoms with Crippen LogP contribution in [-0.2, 0) is 22.0 Å². The number of hydrogen-bond acceptors (Lipinski definition) is 6. The van der Waals surface area contributed by atoms with E-state index >= 15 is 0 Å². The van der Waals surface area contributed by atoms with E-state index in [2.05, 4.69) is 14.9 Å². The maximum atomic E-state index is 12.5. The Bertz CT molecular complexity index is 1060. The molecule has 0 amide bonds. The molecule has 0 bridgehead atoms. The lowest BCUT2D eigenvalue weighted by atomic mass is 9.99. The molecule has 2 aromatic carbocycles. The van der Waals surface area contributed by atoms with Gasteiger partial charge in [-0.1, -0.05) is 48.3 Å². The van der Waals surface area contributed by atoms with Crippen molar-refractivity contribution < 1.29 is 12.9 Å². The van der Waals surface area contributed by atoms with Gasteiger partial charge in [-0.05, 0) is 35.7 Å². The quantitative estimate of drug-likeness (QED) is 0.673. The van der Waals surface area contributed by atoms with Crippen LogP contribution in [0.5, 0.6) is 0 Å². The molecule has 1 saturated carbocycles. The molecule has 4 rings (SSSR count). The molecule has 0 spiro atoms. The number of fused-ring (bicyclic) bond motifs is 1. The largest absolute Gasteiger partial charge is 0.339 e. The molecular weight excluding hydrogens is 364 g/mol. The Hall–Kier alpha value is -2.29. The lowest BCUT2D eigenvalue weighted by molar-refractivity contribution is 0.348. The molecular formula is C19H22N4O3S. The molecule has 8 heteroatoms. The summed E-state index contributed by atoms with van der Waals surface area (Å²) in [6, 6.07) is 12.7. The summed E-state index contributed by atoms with van der Waals surface area (Å²) in [6.07, 6.45) is 4.13. The zero-order valence-corrected chi connectivity index (χ0v) is 15.7. The van der Waals surface area contributed by atoms with Gasteiger partial charge in [-0.3, -0.25) is 0 Å². The van der Waals surface area contributed by atoms with Gasteiger partial charge >= 0.3 is 0 Å². The third-order valence-corrected chi connectivity index (χ3v) is 6.53. The van der Waals surface area contributed by atoms with Crippen molar-refractivity contribution in [3.05, 3.63) is 54.2 Å². The molecule has 0 aliphatic heterocycles. The number of hydrogen-bond donors (Lipinski definition) is 2. The molecule has 0 atom stereocenters. The molecule has 1 fully saturated rings. The third-order valence-electron chi connectivity index (χ3n) is 5.07. The van der Waals surface area contributed by atoms with Gasteiger partial charge in [0.1, 0.15) is 0 Å². The van der Waals surface area contributed by atoms with Crippen LogP contribution in [0.25, 0.3) is 10.8 Å². The molecule has 3 N–H and O–H groups in total. The number of sulfonamides is 1. The van der Waals surface area contributed by atoms with Gasteiger partial charge in [-0.25, -0.2) is 13.1 Å². The van der Waals surface area contributed by atoms with Crippen LogP contribution in [0.1, 0.15) is 37.4 Å². The predicted octanol–water partition coefficient (Wildman–Crippen LogP) is 2.47. The summed E-state index contributed by atoms with van der Waals surface area (Å²) in [5.41, 5.74) is 5.81. The van der Waals surface area contributed by atoms with Gasteiger partial charge < -0.3 is 10.3 Å². The topological polar surface area (TPSA) is 111 Å². The van der Waals surface area contributed by atoms with Crippen molar-refractivity contribution in [2.24, 2.45) is 5.73 Å². The van der Waals surface area contributed by atoms with E-state index in [0.717, 1.165) is 36.5 Å². The number of benzene rings is 2. The van der Waals surface area contributed by atoms with Crippen LogP contribution >= 0.6 is 0 Å². The molecule has 3 aromatic rings. The Kier molecular flexibility index (Phi) is 4.71. The predicted molar refractivity (Wildman–Crippen MR) is 101 cm³/mol. The first kappa shape index (κ1) is 18.1. The molecule has 0 unspecified atom stereocenters. The highest BCUT2D eigenvalue weighted by atomic mass is 32.2. The minimum atomic E-state index is -3.61. The van der Waals surface area contributed by atoms with E-state index in [-0.39, 0.29) is 11.4 Å². The van der Waals surface area contributed by atoms with E-state index in [0.29, 0.717) is 18.1 Å². The summed E-state index contributed by atoms with van der Waals surface area (Å²) in [5, 5.41) is 5.87. The van der Waals surface area contributed by atoms with Gasteiger partial charge in [0.15, 0.2) is 5.82 Å². The molecule has 1 aromatic heterocycles. The van der Waals surface area contributed by atoms with E-state index in [1.54, 1.807) is 18.2 Å². The summed E-state index contributed by atoms with van der Waals surface area (Å²) in [5.74, 6) is 0.912. The number of aromatic nitrogens is 2.